The first-order valence-electron chi connectivity index (χ1n) is 7.37. The highest BCUT2D eigenvalue weighted by Gasteiger charge is 2.29. The Kier molecular flexibility index (Phi) is 5.29. The van der Waals surface area contributed by atoms with E-state index in [1.807, 2.05) is 31.2 Å². The van der Waals surface area contributed by atoms with Crippen molar-refractivity contribution in [3.05, 3.63) is 35.4 Å². The number of hydrogen-bond acceptors (Lipinski definition) is 4. The summed E-state index contributed by atoms with van der Waals surface area (Å²) in [5.74, 6) is 0.227. The molecule has 0 radical (unpaired) electrons. The van der Waals surface area contributed by atoms with Gasteiger partial charge in [0.25, 0.3) is 0 Å². The van der Waals surface area contributed by atoms with E-state index in [4.69, 9.17) is 0 Å². The lowest BCUT2D eigenvalue weighted by atomic mass is 10.0. The molecule has 0 atom stereocenters. The minimum atomic E-state index is -3.34. The van der Waals surface area contributed by atoms with Gasteiger partial charge in [0, 0.05) is 19.3 Å². The second kappa shape index (κ2) is 6.68. The fourth-order valence-electron chi connectivity index (χ4n) is 2.89. The Morgan fingerprint density at radius 1 is 1.14 bits per heavy atom. The highest BCUT2D eigenvalue weighted by Crippen LogP contribution is 2.22. The predicted molar refractivity (Wildman–Crippen MR) is 87.8 cm³/mol. The fraction of sp³-hybridized carbons (Fsp3) is 0.600. The van der Waals surface area contributed by atoms with Crippen LogP contribution in [0, 0.1) is 12.8 Å². The van der Waals surface area contributed by atoms with Crippen LogP contribution in [0.15, 0.2) is 24.3 Å². The lowest BCUT2D eigenvalue weighted by Crippen LogP contribution is -2.40. The first-order chi connectivity index (χ1) is 10.2. The van der Waals surface area contributed by atoms with Gasteiger partial charge in [-0.3, -0.25) is 0 Å². The van der Waals surface area contributed by atoms with Gasteiger partial charge in [0.1, 0.15) is 9.84 Å². The molecular weight excluding hydrogens is 322 g/mol. The standard InChI is InChI=1S/C15H23NO4S2/c1-13-4-3-5-15(10-13)12-22(19,20)16-8-6-14(7-9-16)11-21(2,17)18/h3-5,10,14H,6-9,11-12H2,1-2H3. The van der Waals surface area contributed by atoms with Crippen LogP contribution >= 0.6 is 0 Å². The average molecular weight is 345 g/mol. The first-order valence-corrected chi connectivity index (χ1v) is 11.0. The second-order valence-electron chi connectivity index (χ2n) is 6.18. The zero-order chi connectivity index (χ0) is 16.4. The molecule has 1 saturated heterocycles. The minimum absolute atomic E-state index is 0.00538. The van der Waals surface area contributed by atoms with Crippen molar-refractivity contribution in [1.82, 2.24) is 4.31 Å². The molecule has 1 fully saturated rings. The first kappa shape index (κ1) is 17.4. The molecule has 124 valence electrons. The second-order valence-corrected chi connectivity index (χ2v) is 10.3. The summed E-state index contributed by atoms with van der Waals surface area (Å²) in [5.41, 5.74) is 1.83. The lowest BCUT2D eigenvalue weighted by Gasteiger charge is -2.30. The molecule has 5 nitrogen and oxygen atoms in total. The number of rotatable bonds is 5. The SMILES string of the molecule is Cc1cccc(CS(=O)(=O)N2CCC(CS(C)(=O)=O)CC2)c1. The van der Waals surface area contributed by atoms with Crippen molar-refractivity contribution in [2.45, 2.75) is 25.5 Å². The van der Waals surface area contributed by atoms with Gasteiger partial charge in [-0.15, -0.1) is 0 Å². The fourth-order valence-corrected chi connectivity index (χ4v) is 5.63. The molecule has 7 heteroatoms. The Morgan fingerprint density at radius 3 is 2.32 bits per heavy atom. The Bertz CT molecular complexity index is 718. The maximum Gasteiger partial charge on any atom is 0.218 e. The van der Waals surface area contributed by atoms with Crippen LogP contribution in [0.5, 0.6) is 0 Å². The third-order valence-corrected chi connectivity index (χ3v) is 6.86. The minimum Gasteiger partial charge on any atom is -0.229 e. The number of sulfonamides is 1. The van der Waals surface area contributed by atoms with E-state index in [1.54, 1.807) is 0 Å². The number of hydrogen-bond donors (Lipinski definition) is 0. The Morgan fingerprint density at radius 2 is 1.77 bits per heavy atom. The smallest absolute Gasteiger partial charge is 0.218 e. The Labute approximate surface area is 133 Å². The number of piperidine rings is 1. The van der Waals surface area contributed by atoms with Gasteiger partial charge in [-0.25, -0.2) is 21.1 Å². The molecule has 0 spiro atoms. The van der Waals surface area contributed by atoms with Crippen LogP contribution < -0.4 is 0 Å². The number of aryl methyl sites for hydroxylation is 1. The summed E-state index contributed by atoms with van der Waals surface area (Å²) in [6.07, 6.45) is 2.45. The molecule has 0 amide bonds. The molecule has 0 bridgehead atoms. The van der Waals surface area contributed by atoms with Crippen LogP contribution in [0.1, 0.15) is 24.0 Å². The number of benzene rings is 1. The van der Waals surface area contributed by atoms with Crippen LogP contribution in [0.4, 0.5) is 0 Å². The zero-order valence-corrected chi connectivity index (χ0v) is 14.7. The van der Waals surface area contributed by atoms with E-state index in [0.29, 0.717) is 25.9 Å². The van der Waals surface area contributed by atoms with Gasteiger partial charge in [-0.2, -0.15) is 0 Å². The van der Waals surface area contributed by atoms with Gasteiger partial charge in [-0.1, -0.05) is 29.8 Å². The van der Waals surface area contributed by atoms with Crippen molar-refractivity contribution in [2.24, 2.45) is 5.92 Å². The number of nitrogens with zero attached hydrogens (tertiary/aromatic N) is 1. The highest BCUT2D eigenvalue weighted by molar-refractivity contribution is 7.90. The quantitative estimate of drug-likeness (QED) is 0.812. The monoisotopic (exact) mass is 345 g/mol. The van der Waals surface area contributed by atoms with Crippen molar-refractivity contribution in [3.63, 3.8) is 0 Å². The summed E-state index contributed by atoms with van der Waals surface area (Å²) in [6.45, 7) is 2.76. The van der Waals surface area contributed by atoms with Gasteiger partial charge in [0.05, 0.1) is 11.5 Å². The maximum absolute atomic E-state index is 12.5. The molecular formula is C15H23NO4S2. The predicted octanol–water partition coefficient (Wildman–Crippen LogP) is 1.58. The summed E-state index contributed by atoms with van der Waals surface area (Å²) in [4.78, 5) is 0. The molecule has 1 heterocycles. The summed E-state index contributed by atoms with van der Waals surface area (Å²) >= 11 is 0. The van der Waals surface area contributed by atoms with Crippen molar-refractivity contribution in [1.29, 1.82) is 0 Å². The molecule has 0 N–H and O–H groups in total. The van der Waals surface area contributed by atoms with E-state index in [9.17, 15) is 16.8 Å². The zero-order valence-electron chi connectivity index (χ0n) is 13.0. The van der Waals surface area contributed by atoms with Crippen LogP contribution in [0.3, 0.4) is 0 Å². The van der Waals surface area contributed by atoms with Gasteiger partial charge in [-0.05, 0) is 31.2 Å². The van der Waals surface area contributed by atoms with Gasteiger partial charge in [0.15, 0.2) is 0 Å². The molecule has 2 rings (SSSR count). The van der Waals surface area contributed by atoms with E-state index in [1.165, 1.54) is 10.6 Å². The van der Waals surface area contributed by atoms with Crippen LogP contribution in [-0.4, -0.2) is 46.2 Å². The summed E-state index contributed by atoms with van der Waals surface area (Å²) < 4.78 is 49.1. The lowest BCUT2D eigenvalue weighted by molar-refractivity contribution is 0.289. The summed E-state index contributed by atoms with van der Waals surface area (Å²) in [5, 5.41) is 0. The highest BCUT2D eigenvalue weighted by atomic mass is 32.2. The third-order valence-electron chi connectivity index (χ3n) is 3.94. The van der Waals surface area contributed by atoms with Crippen molar-refractivity contribution in [3.8, 4) is 0 Å². The van der Waals surface area contributed by atoms with Gasteiger partial charge < -0.3 is 0 Å². The molecule has 1 aliphatic rings. The molecule has 22 heavy (non-hydrogen) atoms. The van der Waals surface area contributed by atoms with Crippen LogP contribution in [0.25, 0.3) is 0 Å². The topological polar surface area (TPSA) is 71.5 Å². The molecule has 0 saturated carbocycles. The molecule has 0 unspecified atom stereocenters. The summed E-state index contributed by atoms with van der Waals surface area (Å²) in [6, 6.07) is 7.50. The van der Waals surface area contributed by atoms with Gasteiger partial charge >= 0.3 is 0 Å². The molecule has 1 aromatic rings. The average Bonchev–Trinajstić information content (AvgIpc) is 2.36. The maximum atomic E-state index is 12.5. The van der Waals surface area contributed by atoms with E-state index in [-0.39, 0.29) is 17.4 Å². The molecule has 0 aliphatic carbocycles. The van der Waals surface area contributed by atoms with Crippen molar-refractivity contribution < 1.29 is 16.8 Å². The van der Waals surface area contributed by atoms with Crippen molar-refractivity contribution in [2.75, 3.05) is 25.1 Å². The van der Waals surface area contributed by atoms with Crippen LogP contribution in [0.2, 0.25) is 0 Å². The Hall–Kier alpha value is -0.920. The largest absolute Gasteiger partial charge is 0.229 e. The van der Waals surface area contributed by atoms with Gasteiger partial charge in [0.2, 0.25) is 10.0 Å². The van der Waals surface area contributed by atoms with E-state index in [2.05, 4.69) is 0 Å². The van der Waals surface area contributed by atoms with E-state index >= 15 is 0 Å². The summed E-state index contributed by atoms with van der Waals surface area (Å²) in [7, 11) is -6.33. The normalized spacial score (nSPS) is 18.5. The number of sulfone groups is 1. The van der Waals surface area contributed by atoms with E-state index in [0.717, 1.165) is 11.1 Å². The third kappa shape index (κ3) is 5.07. The van der Waals surface area contributed by atoms with Crippen LogP contribution in [-0.2, 0) is 25.6 Å². The molecule has 0 aromatic heterocycles. The molecule has 1 aliphatic heterocycles. The van der Waals surface area contributed by atoms with Crippen molar-refractivity contribution >= 4 is 19.9 Å². The molecule has 1 aromatic carbocycles. The van der Waals surface area contributed by atoms with E-state index < -0.39 is 19.9 Å². The Balaban J connectivity index is 1.98.